The standard InChI is InChI=1S/C21H32N2O4/c1-13(2)10-22-20(24)17-12-23(21(25)14(3)4)11-16(17)15-8-7-9-18(26-5)19(15)27-6/h7-9,13-14,16-17H,10-12H2,1-6H3,(H,22,24)/t16-,17+/m0/s1. The number of likely N-dealkylation sites (tertiary alicyclic amines) is 1. The molecule has 1 fully saturated rings. The maximum Gasteiger partial charge on any atom is 0.225 e. The molecule has 0 aliphatic carbocycles. The van der Waals surface area contributed by atoms with Crippen molar-refractivity contribution in [1.29, 1.82) is 0 Å². The first kappa shape index (κ1) is 21.1. The Labute approximate surface area is 162 Å². The number of benzene rings is 1. The Bertz CT molecular complexity index is 672. The van der Waals surface area contributed by atoms with Crippen LogP contribution in [0.25, 0.3) is 0 Å². The van der Waals surface area contributed by atoms with Gasteiger partial charge in [0.1, 0.15) is 0 Å². The molecule has 0 bridgehead atoms. The molecule has 2 rings (SSSR count). The lowest BCUT2D eigenvalue weighted by molar-refractivity contribution is -0.133. The molecule has 0 unspecified atom stereocenters. The third-order valence-electron chi connectivity index (χ3n) is 4.98. The zero-order chi connectivity index (χ0) is 20.1. The fraction of sp³-hybridized carbons (Fsp3) is 0.619. The predicted molar refractivity (Wildman–Crippen MR) is 105 cm³/mol. The first-order valence-electron chi connectivity index (χ1n) is 9.57. The van der Waals surface area contributed by atoms with E-state index < -0.39 is 0 Å². The van der Waals surface area contributed by atoms with Crippen molar-refractivity contribution in [1.82, 2.24) is 10.2 Å². The summed E-state index contributed by atoms with van der Waals surface area (Å²) in [6.45, 7) is 9.44. The molecular formula is C21H32N2O4. The van der Waals surface area contributed by atoms with Crippen LogP contribution in [-0.2, 0) is 9.59 Å². The third-order valence-corrected chi connectivity index (χ3v) is 4.98. The summed E-state index contributed by atoms with van der Waals surface area (Å²) in [6, 6.07) is 5.69. The maximum atomic E-state index is 12.9. The Morgan fingerprint density at radius 2 is 1.85 bits per heavy atom. The van der Waals surface area contributed by atoms with Gasteiger partial charge >= 0.3 is 0 Å². The van der Waals surface area contributed by atoms with Gasteiger partial charge in [0.25, 0.3) is 0 Å². The van der Waals surface area contributed by atoms with E-state index in [0.717, 1.165) is 5.56 Å². The van der Waals surface area contributed by atoms with Crippen molar-refractivity contribution in [2.45, 2.75) is 33.6 Å². The highest BCUT2D eigenvalue weighted by atomic mass is 16.5. The van der Waals surface area contributed by atoms with Crippen molar-refractivity contribution >= 4 is 11.8 Å². The van der Waals surface area contributed by atoms with Crippen LogP contribution in [0, 0.1) is 17.8 Å². The van der Waals surface area contributed by atoms with E-state index in [-0.39, 0.29) is 29.6 Å². The molecular weight excluding hydrogens is 344 g/mol. The average Bonchev–Trinajstić information content (AvgIpc) is 3.09. The molecule has 0 spiro atoms. The second-order valence-electron chi connectivity index (χ2n) is 7.83. The fourth-order valence-corrected chi connectivity index (χ4v) is 3.57. The first-order valence-corrected chi connectivity index (χ1v) is 9.57. The number of methoxy groups -OCH3 is 2. The topological polar surface area (TPSA) is 67.9 Å². The summed E-state index contributed by atoms with van der Waals surface area (Å²) in [6.07, 6.45) is 0. The zero-order valence-electron chi connectivity index (χ0n) is 17.2. The van der Waals surface area contributed by atoms with Crippen LogP contribution in [-0.4, -0.2) is 50.6 Å². The molecule has 1 aromatic carbocycles. The molecule has 1 N–H and O–H groups in total. The number of carbonyl (C=O) groups is 2. The highest BCUT2D eigenvalue weighted by molar-refractivity contribution is 5.84. The van der Waals surface area contributed by atoms with Crippen molar-refractivity contribution < 1.29 is 19.1 Å². The summed E-state index contributed by atoms with van der Waals surface area (Å²) in [5, 5.41) is 3.03. The van der Waals surface area contributed by atoms with Crippen LogP contribution >= 0.6 is 0 Å². The highest BCUT2D eigenvalue weighted by Gasteiger charge is 2.42. The first-order chi connectivity index (χ1) is 12.8. The molecule has 27 heavy (non-hydrogen) atoms. The van der Waals surface area contributed by atoms with E-state index in [1.165, 1.54) is 0 Å². The Balaban J connectivity index is 2.37. The quantitative estimate of drug-likeness (QED) is 0.794. The number of hydrogen-bond acceptors (Lipinski definition) is 4. The van der Waals surface area contributed by atoms with Gasteiger partial charge in [-0.15, -0.1) is 0 Å². The van der Waals surface area contributed by atoms with Gasteiger partial charge in [0, 0.05) is 37.0 Å². The van der Waals surface area contributed by atoms with Crippen molar-refractivity contribution in [3.63, 3.8) is 0 Å². The van der Waals surface area contributed by atoms with Crippen LogP contribution in [0.2, 0.25) is 0 Å². The van der Waals surface area contributed by atoms with Gasteiger partial charge in [-0.25, -0.2) is 0 Å². The molecule has 6 nitrogen and oxygen atoms in total. The molecule has 1 saturated heterocycles. The van der Waals surface area contributed by atoms with Crippen molar-refractivity contribution in [3.8, 4) is 11.5 Å². The van der Waals surface area contributed by atoms with Crippen molar-refractivity contribution in [2.24, 2.45) is 17.8 Å². The van der Waals surface area contributed by atoms with Gasteiger partial charge in [-0.3, -0.25) is 9.59 Å². The minimum Gasteiger partial charge on any atom is -0.493 e. The van der Waals surface area contributed by atoms with Crippen LogP contribution in [0.5, 0.6) is 11.5 Å². The molecule has 2 atom stereocenters. The second-order valence-corrected chi connectivity index (χ2v) is 7.83. The van der Waals surface area contributed by atoms with Crippen LogP contribution < -0.4 is 14.8 Å². The summed E-state index contributed by atoms with van der Waals surface area (Å²) < 4.78 is 11.0. The van der Waals surface area contributed by atoms with E-state index >= 15 is 0 Å². The van der Waals surface area contributed by atoms with Crippen molar-refractivity contribution in [2.75, 3.05) is 33.9 Å². The molecule has 150 valence electrons. The van der Waals surface area contributed by atoms with Crippen LogP contribution in [0.3, 0.4) is 0 Å². The molecule has 1 aliphatic rings. The van der Waals surface area contributed by atoms with E-state index in [9.17, 15) is 9.59 Å². The molecule has 1 aromatic rings. The molecule has 0 radical (unpaired) electrons. The monoisotopic (exact) mass is 376 g/mol. The summed E-state index contributed by atoms with van der Waals surface area (Å²) in [4.78, 5) is 27.3. The second kappa shape index (κ2) is 9.11. The summed E-state index contributed by atoms with van der Waals surface area (Å²) in [5.74, 6) is 1.13. The highest BCUT2D eigenvalue weighted by Crippen LogP contribution is 2.42. The number of amides is 2. The molecule has 6 heteroatoms. The van der Waals surface area contributed by atoms with Gasteiger partial charge in [-0.1, -0.05) is 39.8 Å². The number of carbonyl (C=O) groups excluding carboxylic acids is 2. The van der Waals surface area contributed by atoms with E-state index in [4.69, 9.17) is 9.47 Å². The van der Waals surface area contributed by atoms with Gasteiger partial charge in [0.15, 0.2) is 11.5 Å². The predicted octanol–water partition coefficient (Wildman–Crippen LogP) is 2.67. The number of nitrogens with one attached hydrogen (secondary N) is 1. The van der Waals surface area contributed by atoms with Gasteiger partial charge < -0.3 is 19.7 Å². The van der Waals surface area contributed by atoms with Crippen LogP contribution in [0.15, 0.2) is 18.2 Å². The van der Waals surface area contributed by atoms with E-state index in [2.05, 4.69) is 19.2 Å². The zero-order valence-corrected chi connectivity index (χ0v) is 17.2. The molecule has 1 aliphatic heterocycles. The average molecular weight is 376 g/mol. The minimum atomic E-state index is -0.313. The maximum absolute atomic E-state index is 12.9. The third kappa shape index (κ3) is 4.73. The minimum absolute atomic E-state index is 0.0161. The molecule has 1 heterocycles. The lowest BCUT2D eigenvalue weighted by Gasteiger charge is -2.22. The van der Waals surface area contributed by atoms with Gasteiger partial charge in [0.2, 0.25) is 11.8 Å². The number of rotatable bonds is 7. The Kier molecular flexibility index (Phi) is 7.11. The van der Waals surface area contributed by atoms with E-state index in [1.54, 1.807) is 19.1 Å². The van der Waals surface area contributed by atoms with E-state index in [0.29, 0.717) is 37.1 Å². The largest absolute Gasteiger partial charge is 0.493 e. The fourth-order valence-electron chi connectivity index (χ4n) is 3.57. The lowest BCUT2D eigenvalue weighted by atomic mass is 9.87. The molecule has 2 amide bonds. The van der Waals surface area contributed by atoms with Gasteiger partial charge in [-0.05, 0) is 12.0 Å². The smallest absolute Gasteiger partial charge is 0.225 e. The summed E-state index contributed by atoms with van der Waals surface area (Å²) >= 11 is 0. The summed E-state index contributed by atoms with van der Waals surface area (Å²) in [7, 11) is 3.19. The number of nitrogens with zero attached hydrogens (tertiary/aromatic N) is 1. The number of hydrogen-bond donors (Lipinski definition) is 1. The van der Waals surface area contributed by atoms with E-state index in [1.807, 2.05) is 32.0 Å². The number of ether oxygens (including phenoxy) is 2. The van der Waals surface area contributed by atoms with Crippen LogP contribution in [0.1, 0.15) is 39.2 Å². The Morgan fingerprint density at radius 1 is 1.15 bits per heavy atom. The summed E-state index contributed by atoms with van der Waals surface area (Å²) in [5.41, 5.74) is 0.903. The Morgan fingerprint density at radius 3 is 2.41 bits per heavy atom. The molecule has 0 saturated carbocycles. The van der Waals surface area contributed by atoms with Gasteiger partial charge in [0.05, 0.1) is 20.1 Å². The number of para-hydroxylation sites is 1. The Hall–Kier alpha value is -2.24. The normalized spacial score (nSPS) is 19.5. The molecule has 0 aromatic heterocycles. The van der Waals surface area contributed by atoms with Crippen molar-refractivity contribution in [3.05, 3.63) is 23.8 Å². The van der Waals surface area contributed by atoms with Crippen LogP contribution in [0.4, 0.5) is 0 Å². The SMILES string of the molecule is COc1cccc([C@@H]2CN(C(=O)C(C)C)C[C@H]2C(=O)NCC(C)C)c1OC. The van der Waals surface area contributed by atoms with Gasteiger partial charge in [-0.2, -0.15) is 0 Å². The lowest BCUT2D eigenvalue weighted by Crippen LogP contribution is -2.37.